The Kier molecular flexibility index (Phi) is 26.2. The standard InChI is InChI=1S/C21H25F3N4O3S.2C21H23F3N4O2.C20H21F3N4O2/c1-2-32(30,31)28-12-9-18-16(13-28)19(26-25-18)20(29)27-10-7-14(8-11-27)15-5-3-4-6-17(15)21(22,23)24;1-13(29)28-11-8-18-16(12-28)19(26-25-18)20(30)27-9-6-14(7-10-27)15-4-2-3-5-17(15)21(22,23)24;1-13(29)28-11-8-16-18(12-28)25-26-19(16)20(30)27-9-6-14(7-10-27)15-4-2-3-5-17(15)21(22,23)24;1-12(28)27-10-15-17(11-27)24-25-18(15)19(29)26-8-6-13(7-9-26)14-4-2-3-5-16(14)20(21,22)23/h3-6,14H,2,7-13H2,1H3,(H,25,26);2*2-5,14H,6-12H2,1H3,(H,25,26);2-5,13H,6-11H2,1H3,(H,24,25). The Labute approximate surface area is 688 Å². The van der Waals surface area contributed by atoms with E-state index < -0.39 is 57.0 Å². The van der Waals surface area contributed by atoms with Gasteiger partial charge in [-0.25, -0.2) is 8.42 Å². The Morgan fingerprint density at radius 3 is 0.909 bits per heavy atom. The number of likely N-dealkylation sites (tertiary alicyclic amines) is 4. The number of alkyl halides is 12. The highest BCUT2D eigenvalue weighted by atomic mass is 32.2. The van der Waals surface area contributed by atoms with Crippen molar-refractivity contribution in [3.05, 3.63) is 209 Å². The van der Waals surface area contributed by atoms with Gasteiger partial charge in [0.1, 0.15) is 0 Å². The monoisotopic (exact) mass is 1720 g/mol. The van der Waals surface area contributed by atoms with Gasteiger partial charge < -0.3 is 34.3 Å². The molecule has 648 valence electrons. The molecule has 8 aromatic rings. The normalized spacial score (nSPS) is 17.9. The lowest BCUT2D eigenvalue weighted by atomic mass is 9.86. The molecule has 38 heteroatoms. The number of nitrogens with one attached hydrogen (secondary N) is 4. The fraction of sp³-hybridized carbons (Fsp3) is 0.482. The molecule has 7 amide bonds. The van der Waals surface area contributed by atoms with Gasteiger partial charge in [0.05, 0.1) is 59.0 Å². The maximum absolute atomic E-state index is 13.4. The SMILES string of the molecule is CC(=O)N1CCc2[nH]nc(C(=O)N3CCC(c4ccccc4C(F)(F)F)CC3)c2C1.CC(=O)N1CCc2c(C(=O)N3CCC(c4ccccc4C(F)(F)F)CC3)n[nH]c2C1.CC(=O)N1Cc2[nH]nc(C(=O)N3CCC(c4ccccc4C(F)(F)F)CC3)c2C1.CCS(=O)(=O)N1CCc2[nH]nc(C(=O)N3CCC(c4ccccc4C(F)(F)F)CC3)c2C1. The van der Waals surface area contributed by atoms with Gasteiger partial charge in [0.15, 0.2) is 22.8 Å². The van der Waals surface area contributed by atoms with Crippen molar-refractivity contribution in [2.45, 2.75) is 179 Å². The van der Waals surface area contributed by atoms with E-state index in [0.29, 0.717) is 208 Å². The van der Waals surface area contributed by atoms with Gasteiger partial charge in [-0.1, -0.05) is 72.8 Å². The van der Waals surface area contributed by atoms with E-state index in [1.54, 1.807) is 65.5 Å². The first-order valence-electron chi connectivity index (χ1n) is 40.2. The second kappa shape index (κ2) is 36.0. The molecule has 121 heavy (non-hydrogen) atoms. The van der Waals surface area contributed by atoms with Gasteiger partial charge in [-0.3, -0.25) is 54.0 Å². The Hall–Kier alpha value is -10.9. The van der Waals surface area contributed by atoms with Crippen molar-refractivity contribution < 1.29 is 94.7 Å². The summed E-state index contributed by atoms with van der Waals surface area (Å²) in [7, 11) is -3.39. The fourth-order valence-electron chi connectivity index (χ4n) is 17.5. The number of amides is 7. The van der Waals surface area contributed by atoms with Gasteiger partial charge in [-0.2, -0.15) is 77.4 Å². The van der Waals surface area contributed by atoms with Gasteiger partial charge >= 0.3 is 24.7 Å². The van der Waals surface area contributed by atoms with E-state index in [2.05, 4.69) is 40.8 Å². The lowest BCUT2D eigenvalue weighted by Crippen LogP contribution is -2.40. The smallest absolute Gasteiger partial charge is 0.338 e. The number of halogens is 12. The molecule has 12 heterocycles. The van der Waals surface area contributed by atoms with E-state index >= 15 is 0 Å². The Balaban J connectivity index is 0.000000139. The summed E-state index contributed by atoms with van der Waals surface area (Å²) in [4.78, 5) is 98.5. The largest absolute Gasteiger partial charge is 0.416 e. The number of fused-ring (bicyclic) bond motifs is 4. The van der Waals surface area contributed by atoms with Crippen LogP contribution in [-0.2, 0) is 101 Å². The molecule has 4 N–H and O–H groups in total. The van der Waals surface area contributed by atoms with Crippen LogP contribution in [0.25, 0.3) is 0 Å². The first-order valence-corrected chi connectivity index (χ1v) is 41.8. The van der Waals surface area contributed by atoms with Gasteiger partial charge in [-0.15, -0.1) is 0 Å². The predicted octanol–water partition coefficient (Wildman–Crippen LogP) is 13.2. The number of hydrogen-bond acceptors (Lipinski definition) is 13. The number of H-pyrrole nitrogens is 4. The molecule has 4 aromatic heterocycles. The van der Waals surface area contributed by atoms with Crippen LogP contribution in [0.5, 0.6) is 0 Å². The van der Waals surface area contributed by atoms with Gasteiger partial charge in [0.25, 0.3) is 23.6 Å². The molecule has 0 saturated carbocycles. The van der Waals surface area contributed by atoms with E-state index in [4.69, 9.17) is 0 Å². The third-order valence-electron chi connectivity index (χ3n) is 24.3. The number of piperidine rings is 4. The van der Waals surface area contributed by atoms with Crippen molar-refractivity contribution in [1.29, 1.82) is 0 Å². The number of nitrogens with zero attached hydrogens (tertiary/aromatic N) is 12. The quantitative estimate of drug-likeness (QED) is 0.0927. The van der Waals surface area contributed by atoms with Crippen molar-refractivity contribution in [3.63, 3.8) is 0 Å². The van der Waals surface area contributed by atoms with E-state index in [9.17, 15) is 94.7 Å². The molecule has 8 aliphatic rings. The fourth-order valence-corrected chi connectivity index (χ4v) is 18.6. The summed E-state index contributed by atoms with van der Waals surface area (Å²) in [5, 5.41) is 28.1. The third kappa shape index (κ3) is 19.5. The molecule has 0 radical (unpaired) electrons. The molecule has 0 spiro atoms. The second-order valence-electron chi connectivity index (χ2n) is 31.5. The van der Waals surface area contributed by atoms with Crippen molar-refractivity contribution in [2.24, 2.45) is 0 Å². The number of aromatic amines is 4. The molecule has 0 atom stereocenters. The average Bonchev–Trinajstić information content (AvgIpc) is 1.70. The molecule has 16 rings (SSSR count). The summed E-state index contributed by atoms with van der Waals surface area (Å²) in [6.45, 7) is 12.0. The number of rotatable bonds is 10. The maximum Gasteiger partial charge on any atom is 0.416 e. The third-order valence-corrected chi connectivity index (χ3v) is 26.1. The summed E-state index contributed by atoms with van der Waals surface area (Å²) >= 11 is 0. The van der Waals surface area contributed by atoms with Crippen molar-refractivity contribution >= 4 is 51.4 Å². The lowest BCUT2D eigenvalue weighted by molar-refractivity contribution is -0.139. The number of carbonyl (C=O) groups excluding carboxylic acids is 7. The first-order chi connectivity index (χ1) is 57.4. The molecule has 0 aliphatic carbocycles. The highest BCUT2D eigenvalue weighted by Gasteiger charge is 2.44. The minimum absolute atomic E-state index is 0.0175. The van der Waals surface area contributed by atoms with E-state index in [1.165, 1.54) is 73.6 Å². The van der Waals surface area contributed by atoms with Crippen LogP contribution >= 0.6 is 0 Å². The lowest BCUT2D eigenvalue weighted by Gasteiger charge is -2.33. The molecule has 0 bridgehead atoms. The minimum Gasteiger partial charge on any atom is -0.338 e. The van der Waals surface area contributed by atoms with Crippen LogP contribution in [0, 0.1) is 0 Å². The van der Waals surface area contributed by atoms with Gasteiger partial charge in [-0.05, 0) is 135 Å². The van der Waals surface area contributed by atoms with Crippen LogP contribution in [0.4, 0.5) is 52.7 Å². The second-order valence-corrected chi connectivity index (χ2v) is 33.7. The predicted molar refractivity (Wildman–Crippen MR) is 415 cm³/mol. The van der Waals surface area contributed by atoms with Gasteiger partial charge in [0.2, 0.25) is 27.7 Å². The van der Waals surface area contributed by atoms with Crippen LogP contribution < -0.4 is 0 Å². The van der Waals surface area contributed by atoms with Crippen molar-refractivity contribution in [3.8, 4) is 0 Å². The zero-order chi connectivity index (χ0) is 86.8. The van der Waals surface area contributed by atoms with E-state index in [0.717, 1.165) is 63.7 Å². The number of sulfonamides is 1. The van der Waals surface area contributed by atoms with Crippen molar-refractivity contribution in [2.75, 3.05) is 77.7 Å². The molecule has 0 unspecified atom stereocenters. The number of aromatic nitrogens is 8. The molecular formula is C83H92F12N16O9S. The molecular weight excluding hydrogens is 1630 g/mol. The highest BCUT2D eigenvalue weighted by molar-refractivity contribution is 7.89. The molecule has 8 aliphatic heterocycles. The zero-order valence-electron chi connectivity index (χ0n) is 66.8. The summed E-state index contributed by atoms with van der Waals surface area (Å²) in [6.07, 6.45) is -12.3. The molecule has 25 nitrogen and oxygen atoms in total. The van der Waals surface area contributed by atoms with Crippen LogP contribution in [0.3, 0.4) is 0 Å². The minimum atomic E-state index is -4.41. The summed E-state index contributed by atoms with van der Waals surface area (Å²) in [5.74, 6) is -2.16. The van der Waals surface area contributed by atoms with E-state index in [1.807, 2.05) is 0 Å². The Bertz CT molecular complexity index is 5260. The summed E-state index contributed by atoms with van der Waals surface area (Å²) < 4.78 is 186. The topological polar surface area (TPSA) is 294 Å². The van der Waals surface area contributed by atoms with Crippen molar-refractivity contribution in [1.82, 2.24) is 79.4 Å². The first kappa shape index (κ1) is 87.9. The summed E-state index contributed by atoms with van der Waals surface area (Å²) in [5.41, 5.74) is 5.98. The maximum atomic E-state index is 13.4. The van der Waals surface area contributed by atoms with Gasteiger partial charge in [0, 0.05) is 152 Å². The number of hydrogen-bond donors (Lipinski definition) is 4. The molecule has 4 fully saturated rings. The van der Waals surface area contributed by atoms with Crippen LogP contribution in [0.2, 0.25) is 0 Å². The Morgan fingerprint density at radius 2 is 0.587 bits per heavy atom. The molecule has 4 aromatic carbocycles. The number of benzene rings is 4. The van der Waals surface area contributed by atoms with E-state index in [-0.39, 0.29) is 88.6 Å². The Morgan fingerprint density at radius 1 is 0.331 bits per heavy atom. The summed E-state index contributed by atoms with van der Waals surface area (Å²) in [6, 6.07) is 22.6. The molecule has 4 saturated heterocycles. The zero-order valence-corrected chi connectivity index (χ0v) is 67.6. The van der Waals surface area contributed by atoms with Crippen LogP contribution in [0.15, 0.2) is 97.1 Å². The van der Waals surface area contributed by atoms with Crippen LogP contribution in [-0.4, -0.2) is 207 Å². The number of carbonyl (C=O) groups is 7. The average molecular weight is 1720 g/mol. The highest BCUT2D eigenvalue weighted by Crippen LogP contribution is 2.45. The van der Waals surface area contributed by atoms with Crippen LogP contribution in [0.1, 0.15) is 234 Å².